The number of carboxylic acid groups (broad SMARTS) is 1. The third kappa shape index (κ3) is 4.67. The molecule has 0 atom stereocenters. The highest BCUT2D eigenvalue weighted by molar-refractivity contribution is 7.99. The Kier molecular flexibility index (Phi) is 6.10. The largest absolute Gasteiger partial charge is 0.550 e. The molecule has 0 fully saturated rings. The lowest BCUT2D eigenvalue weighted by Gasteiger charge is -2.14. The normalized spacial score (nSPS) is 11.0. The predicted octanol–water partition coefficient (Wildman–Crippen LogP) is 2.88. The van der Waals surface area contributed by atoms with Gasteiger partial charge < -0.3 is 14.6 Å². The van der Waals surface area contributed by atoms with Gasteiger partial charge in [0, 0.05) is 17.3 Å². The summed E-state index contributed by atoms with van der Waals surface area (Å²) in [6.45, 7) is 0. The van der Waals surface area contributed by atoms with Gasteiger partial charge in [0.05, 0.1) is 23.9 Å². The third-order valence-electron chi connectivity index (χ3n) is 3.33. The van der Waals surface area contributed by atoms with Crippen LogP contribution in [0.4, 0.5) is 13.2 Å². The smallest absolute Gasteiger partial charge is 0.417 e. The molecule has 5 nitrogen and oxygen atoms in total. The van der Waals surface area contributed by atoms with Gasteiger partial charge in [-0.2, -0.15) is 18.4 Å². The molecule has 0 aliphatic heterocycles. The number of nitrogens with zero attached hydrogens (tertiary/aromatic N) is 2. The number of ether oxygens (including phenoxy) is 1. The standard InChI is InChI=1S/C17H13F3N2O3S/c1-25-11-4-2-10(3-5-11)14-8-13(17(18,19)20)12(9-21)16(22-14)26-7-6-15(23)24/h2-5,8H,6-7H2,1H3,(H,23,24)/p-1. The molecule has 0 radical (unpaired) electrons. The summed E-state index contributed by atoms with van der Waals surface area (Å²) in [4.78, 5) is 14.6. The molecule has 0 amide bonds. The van der Waals surface area contributed by atoms with Crippen LogP contribution in [0.2, 0.25) is 0 Å². The lowest BCUT2D eigenvalue weighted by molar-refractivity contribution is -0.305. The Morgan fingerprint density at radius 1 is 1.35 bits per heavy atom. The second-order valence-corrected chi connectivity index (χ2v) is 6.13. The molecule has 2 aromatic rings. The molecule has 0 unspecified atom stereocenters. The number of carboxylic acids is 1. The number of aliphatic carboxylic acids is 1. The van der Waals surface area contributed by atoms with Gasteiger partial charge in [0.2, 0.25) is 0 Å². The summed E-state index contributed by atoms with van der Waals surface area (Å²) in [5, 5.41) is 19.5. The average molecular weight is 381 g/mol. The first kappa shape index (κ1) is 19.6. The molecular weight excluding hydrogens is 369 g/mol. The number of benzene rings is 1. The molecule has 0 aliphatic rings. The minimum absolute atomic E-state index is 0.0231. The molecule has 9 heteroatoms. The number of hydrogen-bond donors (Lipinski definition) is 0. The maximum Gasteiger partial charge on any atom is 0.417 e. The Hall–Kier alpha value is -2.73. The van der Waals surface area contributed by atoms with Gasteiger partial charge in [-0.05, 0) is 36.8 Å². The molecule has 136 valence electrons. The second-order valence-electron chi connectivity index (χ2n) is 5.04. The van der Waals surface area contributed by atoms with Crippen LogP contribution in [0.3, 0.4) is 0 Å². The minimum atomic E-state index is -4.75. The predicted molar refractivity (Wildman–Crippen MR) is 86.3 cm³/mol. The lowest BCUT2D eigenvalue weighted by atomic mass is 10.1. The molecule has 0 aliphatic carbocycles. The first-order valence-corrected chi connectivity index (χ1v) is 8.24. The molecule has 1 aromatic carbocycles. The van der Waals surface area contributed by atoms with E-state index in [1.807, 2.05) is 0 Å². The van der Waals surface area contributed by atoms with Gasteiger partial charge in [0.15, 0.2) is 0 Å². The van der Waals surface area contributed by atoms with Crippen molar-refractivity contribution in [2.75, 3.05) is 12.9 Å². The van der Waals surface area contributed by atoms with Gasteiger partial charge in [-0.3, -0.25) is 0 Å². The summed E-state index contributed by atoms with van der Waals surface area (Å²) < 4.78 is 45.1. The van der Waals surface area contributed by atoms with E-state index in [9.17, 15) is 23.1 Å². The van der Waals surface area contributed by atoms with Gasteiger partial charge in [-0.1, -0.05) is 0 Å². The molecule has 0 N–H and O–H groups in total. The fourth-order valence-corrected chi connectivity index (χ4v) is 3.02. The van der Waals surface area contributed by atoms with E-state index < -0.39 is 23.3 Å². The molecule has 1 heterocycles. The third-order valence-corrected chi connectivity index (χ3v) is 4.31. The number of rotatable bonds is 6. The van der Waals surface area contributed by atoms with Gasteiger partial charge in [-0.25, -0.2) is 4.98 Å². The quantitative estimate of drug-likeness (QED) is 0.715. The van der Waals surface area contributed by atoms with Crippen LogP contribution in [0.15, 0.2) is 35.4 Å². The summed E-state index contributed by atoms with van der Waals surface area (Å²) in [6.07, 6.45) is -5.12. The highest BCUT2D eigenvalue weighted by Gasteiger charge is 2.36. The second kappa shape index (κ2) is 8.10. The van der Waals surface area contributed by atoms with Gasteiger partial charge >= 0.3 is 6.18 Å². The van der Waals surface area contributed by atoms with Crippen LogP contribution in [-0.2, 0) is 11.0 Å². The van der Waals surface area contributed by atoms with E-state index in [0.29, 0.717) is 11.3 Å². The summed E-state index contributed by atoms with van der Waals surface area (Å²) >= 11 is 0.768. The van der Waals surface area contributed by atoms with Gasteiger partial charge in [0.25, 0.3) is 0 Å². The van der Waals surface area contributed by atoms with Gasteiger partial charge in [0.1, 0.15) is 16.8 Å². The Labute approximate surface area is 151 Å². The minimum Gasteiger partial charge on any atom is -0.550 e. The number of methoxy groups -OCH3 is 1. The number of carbonyl (C=O) groups is 1. The average Bonchev–Trinajstić information content (AvgIpc) is 2.60. The first-order valence-electron chi connectivity index (χ1n) is 7.25. The zero-order valence-corrected chi connectivity index (χ0v) is 14.3. The lowest BCUT2D eigenvalue weighted by Crippen LogP contribution is -2.22. The van der Waals surface area contributed by atoms with E-state index in [0.717, 1.165) is 17.8 Å². The van der Waals surface area contributed by atoms with Crippen molar-refractivity contribution >= 4 is 17.7 Å². The molecule has 0 bridgehead atoms. The van der Waals surface area contributed by atoms with Crippen molar-refractivity contribution < 1.29 is 27.8 Å². The molecule has 0 spiro atoms. The van der Waals surface area contributed by atoms with Crippen molar-refractivity contribution in [2.24, 2.45) is 0 Å². The highest BCUT2D eigenvalue weighted by Crippen LogP contribution is 2.38. The van der Waals surface area contributed by atoms with Crippen molar-refractivity contribution in [1.29, 1.82) is 5.26 Å². The van der Waals surface area contributed by atoms with Crippen molar-refractivity contribution in [3.05, 3.63) is 41.5 Å². The van der Waals surface area contributed by atoms with Crippen LogP contribution in [-0.4, -0.2) is 23.8 Å². The molecule has 2 rings (SSSR count). The zero-order valence-electron chi connectivity index (χ0n) is 13.5. The van der Waals surface area contributed by atoms with Crippen LogP contribution in [0.1, 0.15) is 17.5 Å². The SMILES string of the molecule is COc1ccc(-c2cc(C(F)(F)F)c(C#N)c(SCCC(=O)[O-])n2)cc1. The molecular formula is C17H12F3N2O3S-. The summed E-state index contributed by atoms with van der Waals surface area (Å²) in [7, 11) is 1.46. The summed E-state index contributed by atoms with van der Waals surface area (Å²) in [6, 6.07) is 8.57. The van der Waals surface area contributed by atoms with E-state index in [1.165, 1.54) is 13.2 Å². The summed E-state index contributed by atoms with van der Waals surface area (Å²) in [5.74, 6) is -0.867. The number of alkyl halides is 3. The molecule has 1 aromatic heterocycles. The van der Waals surface area contributed by atoms with Crippen molar-refractivity contribution in [1.82, 2.24) is 4.98 Å². The number of thioether (sulfide) groups is 1. The Morgan fingerprint density at radius 3 is 2.50 bits per heavy atom. The fraction of sp³-hybridized carbons (Fsp3) is 0.235. The van der Waals surface area contributed by atoms with E-state index in [1.54, 1.807) is 24.3 Å². The van der Waals surface area contributed by atoms with Crippen molar-refractivity contribution in [3.63, 3.8) is 0 Å². The summed E-state index contributed by atoms with van der Waals surface area (Å²) in [5.41, 5.74) is -1.31. The highest BCUT2D eigenvalue weighted by atomic mass is 32.2. The number of nitriles is 1. The molecule has 0 saturated heterocycles. The Morgan fingerprint density at radius 2 is 2.00 bits per heavy atom. The molecule has 0 saturated carbocycles. The topological polar surface area (TPSA) is 86.0 Å². The van der Waals surface area contributed by atoms with Crippen LogP contribution in [0, 0.1) is 11.3 Å². The molecule has 26 heavy (non-hydrogen) atoms. The first-order chi connectivity index (χ1) is 12.3. The van der Waals surface area contributed by atoms with Crippen LogP contribution in [0.5, 0.6) is 5.75 Å². The van der Waals surface area contributed by atoms with E-state index >= 15 is 0 Å². The maximum absolute atomic E-state index is 13.4. The van der Waals surface area contributed by atoms with Gasteiger partial charge in [-0.15, -0.1) is 11.8 Å². The Bertz CT molecular complexity index is 846. The number of halogens is 3. The van der Waals surface area contributed by atoms with Crippen LogP contribution in [0.25, 0.3) is 11.3 Å². The van der Waals surface area contributed by atoms with Crippen molar-refractivity contribution in [3.8, 4) is 23.1 Å². The van der Waals surface area contributed by atoms with E-state index in [-0.39, 0.29) is 22.9 Å². The Balaban J connectivity index is 2.54. The van der Waals surface area contributed by atoms with Crippen LogP contribution < -0.4 is 9.84 Å². The maximum atomic E-state index is 13.4. The van der Waals surface area contributed by atoms with Crippen molar-refractivity contribution in [2.45, 2.75) is 17.6 Å². The monoisotopic (exact) mass is 381 g/mol. The van der Waals surface area contributed by atoms with E-state index in [2.05, 4.69) is 4.98 Å². The zero-order chi connectivity index (χ0) is 19.3. The number of hydrogen-bond acceptors (Lipinski definition) is 6. The van der Waals surface area contributed by atoms with E-state index in [4.69, 9.17) is 10.00 Å². The van der Waals surface area contributed by atoms with Crippen LogP contribution >= 0.6 is 11.8 Å². The fourth-order valence-electron chi connectivity index (χ4n) is 2.10. The number of carbonyl (C=O) groups excluding carboxylic acids is 1. The number of pyridine rings is 1. The number of aromatic nitrogens is 1.